The summed E-state index contributed by atoms with van der Waals surface area (Å²) in [7, 11) is 0. The Morgan fingerprint density at radius 2 is 1.92 bits per heavy atom. The molecule has 0 unspecified atom stereocenters. The van der Waals surface area contributed by atoms with E-state index in [0.29, 0.717) is 6.61 Å². The third-order valence-electron chi connectivity index (χ3n) is 1.36. The van der Waals surface area contributed by atoms with E-state index in [1.54, 1.807) is 6.08 Å². The van der Waals surface area contributed by atoms with Gasteiger partial charge in [-0.3, -0.25) is 4.79 Å². The van der Waals surface area contributed by atoms with Gasteiger partial charge >= 0.3 is 5.97 Å². The Morgan fingerprint density at radius 3 is 2.46 bits per heavy atom. The number of ketones is 1. The Bertz CT molecular complexity index is 194. The number of carbonyl (C=O) groups is 2. The minimum absolute atomic E-state index is 0.312. The molecular formula is C10H16O3. The van der Waals surface area contributed by atoms with Crippen LogP contribution in [0.25, 0.3) is 0 Å². The molecule has 0 aliphatic carbocycles. The first-order valence-corrected chi connectivity index (χ1v) is 4.60. The molecular weight excluding hydrogens is 168 g/mol. The van der Waals surface area contributed by atoms with E-state index in [-0.39, 0.29) is 0 Å². The number of carbonyl (C=O) groups excluding carboxylic acids is 2. The minimum atomic E-state index is -0.755. The van der Waals surface area contributed by atoms with E-state index < -0.39 is 11.8 Å². The van der Waals surface area contributed by atoms with Crippen molar-refractivity contribution in [2.45, 2.75) is 33.1 Å². The Hall–Kier alpha value is -1.12. The lowest BCUT2D eigenvalue weighted by Crippen LogP contribution is -2.15. The fraction of sp³-hybridized carbons (Fsp3) is 0.600. The molecule has 0 N–H and O–H groups in total. The lowest BCUT2D eigenvalue weighted by molar-refractivity contribution is -0.151. The van der Waals surface area contributed by atoms with Crippen LogP contribution >= 0.6 is 0 Å². The predicted octanol–water partition coefficient (Wildman–Crippen LogP) is 1.86. The highest BCUT2D eigenvalue weighted by Crippen LogP contribution is 1.91. The molecule has 0 rings (SSSR count). The molecule has 0 saturated carbocycles. The summed E-state index contributed by atoms with van der Waals surface area (Å²) in [5, 5.41) is 0. The first-order valence-electron chi connectivity index (χ1n) is 4.60. The van der Waals surface area contributed by atoms with Crippen LogP contribution in [0.4, 0.5) is 0 Å². The number of allylic oxidation sites excluding steroid dienone is 1. The van der Waals surface area contributed by atoms with E-state index in [1.165, 1.54) is 6.08 Å². The number of rotatable bonds is 6. The molecule has 0 aliphatic heterocycles. The van der Waals surface area contributed by atoms with Crippen LogP contribution in [0.2, 0.25) is 0 Å². The van der Waals surface area contributed by atoms with Crippen molar-refractivity contribution in [1.29, 1.82) is 0 Å². The second kappa shape index (κ2) is 7.53. The highest BCUT2D eigenvalue weighted by Gasteiger charge is 2.09. The van der Waals surface area contributed by atoms with Crippen molar-refractivity contribution >= 4 is 11.8 Å². The lowest BCUT2D eigenvalue weighted by Gasteiger charge is -1.97. The van der Waals surface area contributed by atoms with Crippen molar-refractivity contribution in [2.75, 3.05) is 6.61 Å². The van der Waals surface area contributed by atoms with E-state index in [2.05, 4.69) is 4.74 Å². The van der Waals surface area contributed by atoms with Crippen LogP contribution < -0.4 is 0 Å². The monoisotopic (exact) mass is 184 g/mol. The molecule has 0 aromatic carbocycles. The van der Waals surface area contributed by atoms with Crippen molar-refractivity contribution in [3.05, 3.63) is 12.2 Å². The smallest absolute Gasteiger partial charge is 0.379 e. The maximum atomic E-state index is 11.0. The van der Waals surface area contributed by atoms with Crippen LogP contribution in [0.3, 0.4) is 0 Å². The van der Waals surface area contributed by atoms with Crippen molar-refractivity contribution in [1.82, 2.24) is 0 Å². The van der Waals surface area contributed by atoms with Gasteiger partial charge in [0, 0.05) is 0 Å². The Labute approximate surface area is 78.8 Å². The maximum absolute atomic E-state index is 11.0. The summed E-state index contributed by atoms with van der Waals surface area (Å²) in [6, 6.07) is 0. The first kappa shape index (κ1) is 11.9. The van der Waals surface area contributed by atoms with Gasteiger partial charge in [-0.25, -0.2) is 4.79 Å². The van der Waals surface area contributed by atoms with Gasteiger partial charge in [-0.1, -0.05) is 26.3 Å². The predicted molar refractivity (Wildman–Crippen MR) is 50.3 cm³/mol. The molecule has 0 radical (unpaired) electrons. The molecule has 0 aliphatic rings. The molecule has 0 bridgehead atoms. The molecule has 3 nitrogen and oxygen atoms in total. The largest absolute Gasteiger partial charge is 0.460 e. The fourth-order valence-electron chi connectivity index (χ4n) is 0.691. The summed E-state index contributed by atoms with van der Waals surface area (Å²) in [4.78, 5) is 21.8. The molecule has 0 fully saturated rings. The van der Waals surface area contributed by atoms with Gasteiger partial charge in [-0.15, -0.1) is 0 Å². The van der Waals surface area contributed by atoms with Crippen molar-refractivity contribution in [2.24, 2.45) is 0 Å². The van der Waals surface area contributed by atoms with Crippen LogP contribution in [-0.4, -0.2) is 18.4 Å². The SMILES string of the molecule is CCCC=CC(=O)C(=O)OCCC. The Morgan fingerprint density at radius 1 is 1.23 bits per heavy atom. The van der Waals surface area contributed by atoms with Crippen molar-refractivity contribution in [3.8, 4) is 0 Å². The van der Waals surface area contributed by atoms with Gasteiger partial charge < -0.3 is 4.74 Å². The first-order chi connectivity index (χ1) is 6.22. The average molecular weight is 184 g/mol. The van der Waals surface area contributed by atoms with Gasteiger partial charge in [-0.05, 0) is 18.9 Å². The van der Waals surface area contributed by atoms with E-state index >= 15 is 0 Å². The topological polar surface area (TPSA) is 43.4 Å². The zero-order chi connectivity index (χ0) is 10.1. The maximum Gasteiger partial charge on any atom is 0.379 e. The number of unbranched alkanes of at least 4 members (excludes halogenated alkanes) is 1. The zero-order valence-electron chi connectivity index (χ0n) is 8.21. The van der Waals surface area contributed by atoms with Gasteiger partial charge in [0.2, 0.25) is 0 Å². The lowest BCUT2D eigenvalue weighted by atomic mass is 10.3. The molecule has 0 atom stereocenters. The molecule has 13 heavy (non-hydrogen) atoms. The fourth-order valence-corrected chi connectivity index (χ4v) is 0.691. The molecule has 0 saturated heterocycles. The second-order valence-electron chi connectivity index (χ2n) is 2.69. The summed E-state index contributed by atoms with van der Waals surface area (Å²) in [6.07, 6.45) is 5.48. The van der Waals surface area contributed by atoms with E-state index in [4.69, 9.17) is 0 Å². The van der Waals surface area contributed by atoms with Crippen LogP contribution in [0.15, 0.2) is 12.2 Å². The van der Waals surface area contributed by atoms with E-state index in [9.17, 15) is 9.59 Å². The van der Waals surface area contributed by atoms with Crippen LogP contribution in [0.5, 0.6) is 0 Å². The molecule has 0 aromatic rings. The molecule has 0 amide bonds. The van der Waals surface area contributed by atoms with E-state index in [0.717, 1.165) is 19.3 Å². The molecule has 0 spiro atoms. The van der Waals surface area contributed by atoms with Crippen LogP contribution in [-0.2, 0) is 14.3 Å². The third kappa shape index (κ3) is 6.08. The summed E-state index contributed by atoms with van der Waals surface area (Å²) in [5.74, 6) is -1.32. The summed E-state index contributed by atoms with van der Waals surface area (Å²) in [5.41, 5.74) is 0. The number of ether oxygens (including phenoxy) is 1. The normalized spacial score (nSPS) is 10.3. The molecule has 3 heteroatoms. The standard InChI is InChI=1S/C10H16O3/c1-3-5-6-7-9(11)10(12)13-8-4-2/h6-7H,3-5,8H2,1-2H3. The minimum Gasteiger partial charge on any atom is -0.460 e. The van der Waals surface area contributed by atoms with Crippen molar-refractivity contribution < 1.29 is 14.3 Å². The molecule has 0 aromatic heterocycles. The quantitative estimate of drug-likeness (QED) is 0.359. The number of esters is 1. The molecule has 0 heterocycles. The van der Waals surface area contributed by atoms with Gasteiger partial charge in [0.05, 0.1) is 6.61 Å². The van der Waals surface area contributed by atoms with Gasteiger partial charge in [-0.2, -0.15) is 0 Å². The second-order valence-corrected chi connectivity index (χ2v) is 2.69. The van der Waals surface area contributed by atoms with Gasteiger partial charge in [0.15, 0.2) is 0 Å². The Kier molecular flexibility index (Phi) is 6.88. The van der Waals surface area contributed by atoms with E-state index in [1.807, 2.05) is 13.8 Å². The third-order valence-corrected chi connectivity index (χ3v) is 1.36. The summed E-state index contributed by atoms with van der Waals surface area (Å²) in [6.45, 7) is 4.20. The van der Waals surface area contributed by atoms with Gasteiger partial charge in [0.1, 0.15) is 0 Å². The van der Waals surface area contributed by atoms with Crippen molar-refractivity contribution in [3.63, 3.8) is 0 Å². The molecule has 74 valence electrons. The highest BCUT2D eigenvalue weighted by atomic mass is 16.5. The van der Waals surface area contributed by atoms with Crippen LogP contribution in [0.1, 0.15) is 33.1 Å². The van der Waals surface area contributed by atoms with Crippen LogP contribution in [0, 0.1) is 0 Å². The van der Waals surface area contributed by atoms with Gasteiger partial charge in [0.25, 0.3) is 5.78 Å². The Balaban J connectivity index is 3.75. The average Bonchev–Trinajstić information content (AvgIpc) is 2.14. The number of hydrogen-bond donors (Lipinski definition) is 0. The zero-order valence-corrected chi connectivity index (χ0v) is 8.21. The summed E-state index contributed by atoms with van der Waals surface area (Å²) >= 11 is 0. The summed E-state index contributed by atoms with van der Waals surface area (Å²) < 4.78 is 4.64. The highest BCUT2D eigenvalue weighted by molar-refractivity contribution is 6.38. The number of hydrogen-bond acceptors (Lipinski definition) is 3.